The molecule has 0 aliphatic carbocycles. The zero-order valence-electron chi connectivity index (χ0n) is 11.7. The minimum absolute atomic E-state index is 0.0754. The van der Waals surface area contributed by atoms with E-state index in [1.165, 1.54) is 0 Å². The Morgan fingerprint density at radius 1 is 1.40 bits per heavy atom. The lowest BCUT2D eigenvalue weighted by atomic mass is 10.3. The van der Waals surface area contributed by atoms with E-state index in [4.69, 9.17) is 4.74 Å². The van der Waals surface area contributed by atoms with Crippen LogP contribution in [0.3, 0.4) is 0 Å². The van der Waals surface area contributed by atoms with Gasteiger partial charge in [0, 0.05) is 17.6 Å². The van der Waals surface area contributed by atoms with E-state index in [9.17, 15) is 9.90 Å². The van der Waals surface area contributed by atoms with Crippen LogP contribution in [0.15, 0.2) is 28.7 Å². The van der Waals surface area contributed by atoms with Crippen molar-refractivity contribution in [3.63, 3.8) is 0 Å². The Bertz CT molecular complexity index is 411. The molecule has 5 nitrogen and oxygen atoms in total. The van der Waals surface area contributed by atoms with Crippen molar-refractivity contribution in [3.8, 4) is 5.75 Å². The fourth-order valence-electron chi connectivity index (χ4n) is 1.52. The third-order valence-corrected chi connectivity index (χ3v) is 3.19. The number of hydrogen-bond acceptors (Lipinski definition) is 4. The quantitative estimate of drug-likeness (QED) is 0.664. The third-order valence-electron chi connectivity index (χ3n) is 2.66. The molecule has 0 heterocycles. The lowest BCUT2D eigenvalue weighted by Crippen LogP contribution is -2.45. The second-order valence-corrected chi connectivity index (χ2v) is 5.36. The summed E-state index contributed by atoms with van der Waals surface area (Å²) in [7, 11) is 0. The number of hydrogen-bond donors (Lipinski definition) is 3. The largest absolute Gasteiger partial charge is 0.491 e. The number of nitrogens with one attached hydrogen (secondary N) is 2. The van der Waals surface area contributed by atoms with Crippen molar-refractivity contribution in [1.29, 1.82) is 0 Å². The predicted molar refractivity (Wildman–Crippen MR) is 81.8 cm³/mol. The van der Waals surface area contributed by atoms with E-state index in [0.29, 0.717) is 18.8 Å². The summed E-state index contributed by atoms with van der Waals surface area (Å²) in [5.74, 6) is 0.623. The van der Waals surface area contributed by atoms with Gasteiger partial charge >= 0.3 is 0 Å². The van der Waals surface area contributed by atoms with Gasteiger partial charge in [-0.05, 0) is 38.1 Å². The molecular weight excluding hydrogens is 324 g/mol. The normalized spacial score (nSPS) is 13.6. The fraction of sp³-hybridized carbons (Fsp3) is 0.500. The van der Waals surface area contributed by atoms with Crippen molar-refractivity contribution in [1.82, 2.24) is 10.6 Å². The van der Waals surface area contributed by atoms with Gasteiger partial charge in [-0.2, -0.15) is 0 Å². The lowest BCUT2D eigenvalue weighted by Gasteiger charge is -2.17. The van der Waals surface area contributed by atoms with Crippen LogP contribution in [0.2, 0.25) is 0 Å². The van der Waals surface area contributed by atoms with Crippen LogP contribution in [0, 0.1) is 0 Å². The first-order valence-electron chi connectivity index (χ1n) is 6.60. The smallest absolute Gasteiger partial charge is 0.236 e. The first-order chi connectivity index (χ1) is 9.52. The Morgan fingerprint density at radius 2 is 2.05 bits per heavy atom. The summed E-state index contributed by atoms with van der Waals surface area (Å²) in [4.78, 5) is 11.5. The first-order valence-corrected chi connectivity index (χ1v) is 7.39. The van der Waals surface area contributed by atoms with Gasteiger partial charge in [0.05, 0.1) is 6.04 Å². The number of likely N-dealkylation sites (N-methyl/N-ethyl adjacent to an activating group) is 1. The SMILES string of the molecule is CCNC(=O)C(C)NCC(O)COc1ccc(Br)cc1. The number of halogens is 1. The van der Waals surface area contributed by atoms with E-state index in [1.807, 2.05) is 31.2 Å². The van der Waals surface area contributed by atoms with Gasteiger partial charge in [0.2, 0.25) is 5.91 Å². The Labute approximate surface area is 127 Å². The molecule has 2 unspecified atom stereocenters. The third kappa shape index (κ3) is 6.36. The Hall–Kier alpha value is -1.11. The average molecular weight is 345 g/mol. The number of aliphatic hydroxyl groups is 1. The summed E-state index contributed by atoms with van der Waals surface area (Å²) in [6.07, 6.45) is -0.671. The minimum Gasteiger partial charge on any atom is -0.491 e. The van der Waals surface area contributed by atoms with Crippen LogP contribution in [-0.4, -0.2) is 42.9 Å². The van der Waals surface area contributed by atoms with E-state index >= 15 is 0 Å². The molecule has 20 heavy (non-hydrogen) atoms. The molecule has 112 valence electrons. The standard InChI is InChI=1S/C14H21BrN2O3/c1-3-16-14(19)10(2)17-8-12(18)9-20-13-6-4-11(15)5-7-13/h4-7,10,12,17-18H,3,8-9H2,1-2H3,(H,16,19). The highest BCUT2D eigenvalue weighted by molar-refractivity contribution is 9.10. The summed E-state index contributed by atoms with van der Waals surface area (Å²) in [6.45, 7) is 4.70. The molecule has 1 aromatic rings. The van der Waals surface area contributed by atoms with Crippen LogP contribution < -0.4 is 15.4 Å². The topological polar surface area (TPSA) is 70.6 Å². The fourth-order valence-corrected chi connectivity index (χ4v) is 1.78. The maximum atomic E-state index is 11.5. The number of carbonyl (C=O) groups excluding carboxylic acids is 1. The molecule has 0 aliphatic rings. The van der Waals surface area contributed by atoms with Crippen molar-refractivity contribution in [2.24, 2.45) is 0 Å². The van der Waals surface area contributed by atoms with E-state index in [-0.39, 0.29) is 18.6 Å². The van der Waals surface area contributed by atoms with Crippen LogP contribution in [0.4, 0.5) is 0 Å². The second kappa shape index (κ2) is 8.94. The van der Waals surface area contributed by atoms with Crippen LogP contribution in [0.1, 0.15) is 13.8 Å². The molecule has 0 fully saturated rings. The zero-order chi connectivity index (χ0) is 15.0. The van der Waals surface area contributed by atoms with Gasteiger partial charge in [-0.15, -0.1) is 0 Å². The monoisotopic (exact) mass is 344 g/mol. The van der Waals surface area contributed by atoms with Crippen molar-refractivity contribution in [2.75, 3.05) is 19.7 Å². The molecule has 0 bridgehead atoms. The van der Waals surface area contributed by atoms with Crippen LogP contribution in [0.5, 0.6) is 5.75 Å². The second-order valence-electron chi connectivity index (χ2n) is 4.44. The number of rotatable bonds is 8. The van der Waals surface area contributed by atoms with E-state index < -0.39 is 6.10 Å². The Kier molecular flexibility index (Phi) is 7.58. The van der Waals surface area contributed by atoms with E-state index in [1.54, 1.807) is 6.92 Å². The predicted octanol–water partition coefficient (Wildman–Crippen LogP) is 1.30. The summed E-state index contributed by atoms with van der Waals surface area (Å²) >= 11 is 3.34. The molecule has 0 aromatic heterocycles. The molecule has 2 atom stereocenters. The van der Waals surface area contributed by atoms with Gasteiger partial charge in [0.1, 0.15) is 18.5 Å². The summed E-state index contributed by atoms with van der Waals surface area (Å²) < 4.78 is 6.43. The van der Waals surface area contributed by atoms with Gasteiger partial charge in [0.25, 0.3) is 0 Å². The highest BCUT2D eigenvalue weighted by atomic mass is 79.9. The number of amides is 1. The van der Waals surface area contributed by atoms with E-state index in [0.717, 1.165) is 4.47 Å². The number of carbonyl (C=O) groups is 1. The highest BCUT2D eigenvalue weighted by Gasteiger charge is 2.13. The highest BCUT2D eigenvalue weighted by Crippen LogP contribution is 2.16. The van der Waals surface area contributed by atoms with Gasteiger partial charge in [-0.1, -0.05) is 15.9 Å². The van der Waals surface area contributed by atoms with Crippen LogP contribution in [-0.2, 0) is 4.79 Å². The molecule has 0 spiro atoms. The van der Waals surface area contributed by atoms with E-state index in [2.05, 4.69) is 26.6 Å². The van der Waals surface area contributed by atoms with Crippen molar-refractivity contribution in [2.45, 2.75) is 26.0 Å². The molecule has 0 saturated heterocycles. The Morgan fingerprint density at radius 3 is 2.65 bits per heavy atom. The van der Waals surface area contributed by atoms with Crippen LogP contribution in [0.25, 0.3) is 0 Å². The average Bonchev–Trinajstić information content (AvgIpc) is 2.44. The maximum Gasteiger partial charge on any atom is 0.236 e. The first kappa shape index (κ1) is 16.9. The van der Waals surface area contributed by atoms with Crippen molar-refractivity contribution >= 4 is 21.8 Å². The Balaban J connectivity index is 2.24. The van der Waals surface area contributed by atoms with Gasteiger partial charge in [-0.3, -0.25) is 4.79 Å². The summed E-state index contributed by atoms with van der Waals surface area (Å²) in [5, 5.41) is 15.5. The molecule has 3 N–H and O–H groups in total. The minimum atomic E-state index is -0.671. The van der Waals surface area contributed by atoms with Crippen molar-refractivity contribution < 1.29 is 14.6 Å². The lowest BCUT2D eigenvalue weighted by molar-refractivity contribution is -0.122. The molecule has 0 aliphatic heterocycles. The molecule has 0 radical (unpaired) electrons. The zero-order valence-corrected chi connectivity index (χ0v) is 13.3. The summed E-state index contributed by atoms with van der Waals surface area (Å²) in [5.41, 5.74) is 0. The molecular formula is C14H21BrN2O3. The molecule has 6 heteroatoms. The van der Waals surface area contributed by atoms with Crippen molar-refractivity contribution in [3.05, 3.63) is 28.7 Å². The number of aliphatic hydroxyl groups excluding tert-OH is 1. The van der Waals surface area contributed by atoms with Gasteiger partial charge in [0.15, 0.2) is 0 Å². The summed E-state index contributed by atoms with van der Waals surface area (Å²) in [6, 6.07) is 7.05. The number of ether oxygens (including phenoxy) is 1. The molecule has 1 amide bonds. The molecule has 0 saturated carbocycles. The molecule has 1 aromatic carbocycles. The van der Waals surface area contributed by atoms with Gasteiger partial charge < -0.3 is 20.5 Å². The maximum absolute atomic E-state index is 11.5. The molecule has 1 rings (SSSR count). The van der Waals surface area contributed by atoms with Gasteiger partial charge in [-0.25, -0.2) is 0 Å². The number of benzene rings is 1. The van der Waals surface area contributed by atoms with Crippen LogP contribution >= 0.6 is 15.9 Å².